The van der Waals surface area contributed by atoms with E-state index in [4.69, 9.17) is 21.1 Å². The number of fused-ring (bicyclic) bond motifs is 1. The lowest BCUT2D eigenvalue weighted by Crippen LogP contribution is -2.42. The fraction of sp³-hybridized carbons (Fsp3) is 0.333. The highest BCUT2D eigenvalue weighted by Gasteiger charge is 2.44. The maximum absolute atomic E-state index is 13.5. The van der Waals surface area contributed by atoms with Gasteiger partial charge in [0.05, 0.1) is 19.3 Å². The molecule has 0 aliphatic carbocycles. The summed E-state index contributed by atoms with van der Waals surface area (Å²) in [5, 5.41) is 10.1. The van der Waals surface area contributed by atoms with Crippen LogP contribution < -0.4 is 9.47 Å². The molecule has 0 fully saturated rings. The van der Waals surface area contributed by atoms with E-state index in [1.165, 1.54) is 36.2 Å². The van der Waals surface area contributed by atoms with Crippen LogP contribution in [0.3, 0.4) is 0 Å². The van der Waals surface area contributed by atoms with Crippen molar-refractivity contribution in [3.8, 4) is 11.5 Å². The molecule has 0 aromatic heterocycles. The lowest BCUT2D eigenvalue weighted by atomic mass is 9.79. The van der Waals surface area contributed by atoms with Crippen LogP contribution in [0.25, 0.3) is 0 Å². The Morgan fingerprint density at radius 1 is 1.14 bits per heavy atom. The molecule has 2 atom stereocenters. The van der Waals surface area contributed by atoms with Crippen molar-refractivity contribution in [3.05, 3.63) is 57.9 Å². The number of carbonyl (C=O) groups excluding carboxylic acids is 1. The number of amides is 1. The van der Waals surface area contributed by atoms with Gasteiger partial charge in [0.25, 0.3) is 5.91 Å². The minimum absolute atomic E-state index is 0.0559. The van der Waals surface area contributed by atoms with E-state index in [9.17, 15) is 19.1 Å². The number of carboxylic acids is 1. The summed E-state index contributed by atoms with van der Waals surface area (Å²) in [6.07, 6.45) is 0. The normalized spacial score (nSPS) is 18.4. The standard InChI is InChI=1S/C21H21ClFNO5/c1-4-28-16-9-13-14(10-17(16)29-5-2)20(25)24(3)19(18(13)21(26)27)12-7-6-11(23)8-15(12)22/h6-10,18-19H,4-5H2,1-3H3,(H,26,27)/t18-,19+/m0/s1. The van der Waals surface area contributed by atoms with Gasteiger partial charge >= 0.3 is 5.97 Å². The first-order valence-corrected chi connectivity index (χ1v) is 9.56. The van der Waals surface area contributed by atoms with Gasteiger partial charge in [0.1, 0.15) is 11.7 Å². The molecular formula is C21H21ClFNO5. The Balaban J connectivity index is 2.23. The van der Waals surface area contributed by atoms with Crippen molar-refractivity contribution in [2.24, 2.45) is 0 Å². The molecule has 154 valence electrons. The summed E-state index contributed by atoms with van der Waals surface area (Å²) < 4.78 is 24.7. The molecule has 1 aliphatic heterocycles. The number of rotatable bonds is 6. The van der Waals surface area contributed by atoms with Crippen molar-refractivity contribution in [3.63, 3.8) is 0 Å². The van der Waals surface area contributed by atoms with Crippen LogP contribution in [0.15, 0.2) is 30.3 Å². The Kier molecular flexibility index (Phi) is 5.98. The first kappa shape index (κ1) is 20.9. The summed E-state index contributed by atoms with van der Waals surface area (Å²) >= 11 is 6.20. The van der Waals surface area contributed by atoms with Gasteiger partial charge in [-0.1, -0.05) is 17.7 Å². The number of carboxylic acid groups (broad SMARTS) is 1. The topological polar surface area (TPSA) is 76.1 Å². The molecule has 2 aromatic carbocycles. The minimum atomic E-state index is -1.14. The number of hydrogen-bond acceptors (Lipinski definition) is 4. The van der Waals surface area contributed by atoms with Crippen LogP contribution >= 0.6 is 11.6 Å². The second kappa shape index (κ2) is 8.29. The van der Waals surface area contributed by atoms with E-state index < -0.39 is 23.7 Å². The van der Waals surface area contributed by atoms with Crippen LogP contribution in [-0.2, 0) is 4.79 Å². The summed E-state index contributed by atoms with van der Waals surface area (Å²) in [7, 11) is 1.50. The van der Waals surface area contributed by atoms with Gasteiger partial charge in [-0.3, -0.25) is 9.59 Å². The highest BCUT2D eigenvalue weighted by atomic mass is 35.5. The second-order valence-corrected chi connectivity index (χ2v) is 7.00. The zero-order valence-corrected chi connectivity index (χ0v) is 17.0. The Bertz CT molecular complexity index is 964. The molecule has 0 bridgehead atoms. The number of ether oxygens (including phenoxy) is 2. The zero-order chi connectivity index (χ0) is 21.3. The number of benzene rings is 2. The quantitative estimate of drug-likeness (QED) is 0.753. The highest BCUT2D eigenvalue weighted by Crippen LogP contribution is 2.47. The Morgan fingerprint density at radius 3 is 2.31 bits per heavy atom. The first-order chi connectivity index (χ1) is 13.8. The first-order valence-electron chi connectivity index (χ1n) is 9.18. The molecule has 0 spiro atoms. The lowest BCUT2D eigenvalue weighted by molar-refractivity contribution is -0.140. The largest absolute Gasteiger partial charge is 0.490 e. The van der Waals surface area contributed by atoms with Crippen LogP contribution in [0.2, 0.25) is 5.02 Å². The molecular weight excluding hydrogens is 401 g/mol. The maximum atomic E-state index is 13.5. The molecule has 29 heavy (non-hydrogen) atoms. The second-order valence-electron chi connectivity index (χ2n) is 6.59. The molecule has 1 heterocycles. The van der Waals surface area contributed by atoms with Gasteiger partial charge < -0.3 is 19.5 Å². The molecule has 0 saturated heterocycles. The molecule has 0 radical (unpaired) electrons. The van der Waals surface area contributed by atoms with E-state index in [0.717, 1.165) is 6.07 Å². The third-order valence-electron chi connectivity index (χ3n) is 4.88. The van der Waals surface area contributed by atoms with Gasteiger partial charge in [-0.2, -0.15) is 0 Å². The number of nitrogens with zero attached hydrogens (tertiary/aromatic N) is 1. The number of aliphatic carboxylic acids is 1. The predicted molar refractivity (Wildman–Crippen MR) is 105 cm³/mol. The molecule has 6 nitrogen and oxygen atoms in total. The Morgan fingerprint density at radius 2 is 1.76 bits per heavy atom. The van der Waals surface area contributed by atoms with Crippen LogP contribution in [-0.4, -0.2) is 42.1 Å². The summed E-state index contributed by atoms with van der Waals surface area (Å²) in [4.78, 5) is 26.7. The van der Waals surface area contributed by atoms with E-state index in [2.05, 4.69) is 0 Å². The number of hydrogen-bond donors (Lipinski definition) is 1. The third-order valence-corrected chi connectivity index (χ3v) is 5.21. The summed E-state index contributed by atoms with van der Waals surface area (Å²) in [6, 6.07) is 5.85. The molecule has 1 amide bonds. The minimum Gasteiger partial charge on any atom is -0.490 e. The van der Waals surface area contributed by atoms with Crippen LogP contribution in [0, 0.1) is 5.82 Å². The van der Waals surface area contributed by atoms with Crippen molar-refractivity contribution in [1.29, 1.82) is 0 Å². The molecule has 0 saturated carbocycles. The van der Waals surface area contributed by atoms with Gasteiger partial charge in [0, 0.05) is 17.6 Å². The molecule has 8 heteroatoms. The Labute approximate surface area is 172 Å². The van der Waals surface area contributed by atoms with Crippen LogP contribution in [0.1, 0.15) is 47.3 Å². The van der Waals surface area contributed by atoms with Crippen LogP contribution in [0.5, 0.6) is 11.5 Å². The number of carbonyl (C=O) groups is 2. The van der Waals surface area contributed by atoms with E-state index in [1.54, 1.807) is 13.8 Å². The lowest BCUT2D eigenvalue weighted by Gasteiger charge is -2.39. The summed E-state index contributed by atoms with van der Waals surface area (Å²) in [5.74, 6) is -2.45. The van der Waals surface area contributed by atoms with Crippen molar-refractivity contribution >= 4 is 23.5 Å². The molecule has 0 unspecified atom stereocenters. The monoisotopic (exact) mass is 421 g/mol. The smallest absolute Gasteiger partial charge is 0.313 e. The molecule has 3 rings (SSSR count). The molecule has 1 N–H and O–H groups in total. The maximum Gasteiger partial charge on any atom is 0.313 e. The van der Waals surface area contributed by atoms with E-state index in [1.807, 2.05) is 0 Å². The van der Waals surface area contributed by atoms with E-state index in [0.29, 0.717) is 35.8 Å². The van der Waals surface area contributed by atoms with Crippen molar-refractivity contribution in [2.75, 3.05) is 20.3 Å². The van der Waals surface area contributed by atoms with Gasteiger partial charge in [0.15, 0.2) is 11.5 Å². The van der Waals surface area contributed by atoms with Crippen molar-refractivity contribution < 1.29 is 28.6 Å². The third kappa shape index (κ3) is 3.74. The fourth-order valence-corrected chi connectivity index (χ4v) is 3.94. The molecule has 1 aliphatic rings. The SMILES string of the molecule is CCOc1cc2c(cc1OCC)[C@H](C(=O)O)[C@@H](c1ccc(F)cc1Cl)N(C)C2=O. The number of likely N-dealkylation sites (N-methyl/N-ethyl adjacent to an activating group) is 1. The van der Waals surface area contributed by atoms with Crippen molar-refractivity contribution in [1.82, 2.24) is 4.90 Å². The van der Waals surface area contributed by atoms with Crippen LogP contribution in [0.4, 0.5) is 4.39 Å². The van der Waals surface area contributed by atoms with Gasteiger partial charge in [0.2, 0.25) is 0 Å². The summed E-state index contributed by atoms with van der Waals surface area (Å²) in [6.45, 7) is 4.30. The Hall–Kier alpha value is -2.80. The summed E-state index contributed by atoms with van der Waals surface area (Å²) in [5.41, 5.74) is 0.882. The average Bonchev–Trinajstić information content (AvgIpc) is 2.66. The van der Waals surface area contributed by atoms with Gasteiger partial charge in [-0.05, 0) is 49.2 Å². The number of halogens is 2. The van der Waals surface area contributed by atoms with E-state index >= 15 is 0 Å². The highest BCUT2D eigenvalue weighted by molar-refractivity contribution is 6.31. The zero-order valence-electron chi connectivity index (χ0n) is 16.2. The molecule has 2 aromatic rings. The van der Waals surface area contributed by atoms with Gasteiger partial charge in [-0.15, -0.1) is 0 Å². The van der Waals surface area contributed by atoms with Crippen molar-refractivity contribution in [2.45, 2.75) is 25.8 Å². The average molecular weight is 422 g/mol. The van der Waals surface area contributed by atoms with Gasteiger partial charge in [-0.25, -0.2) is 4.39 Å². The van der Waals surface area contributed by atoms with E-state index in [-0.39, 0.29) is 16.5 Å². The fourth-order valence-electron chi connectivity index (χ4n) is 3.66. The predicted octanol–water partition coefficient (Wildman–Crippen LogP) is 4.27.